The van der Waals surface area contributed by atoms with Gasteiger partial charge in [0.15, 0.2) is 0 Å². The number of anilines is 1. The van der Waals surface area contributed by atoms with E-state index < -0.39 is 11.2 Å². The summed E-state index contributed by atoms with van der Waals surface area (Å²) in [6.07, 6.45) is 4.13. The topological polar surface area (TPSA) is 90.3 Å². The third-order valence-corrected chi connectivity index (χ3v) is 4.75. The molecule has 2 heterocycles. The Labute approximate surface area is 151 Å². The van der Waals surface area contributed by atoms with Gasteiger partial charge in [-0.25, -0.2) is 4.79 Å². The fraction of sp³-hybridized carbons (Fsp3) is 0.421. The molecule has 3 rings (SSSR count). The number of carbonyl (C=O) groups excluding carboxylic acids is 1. The van der Waals surface area contributed by atoms with Crippen LogP contribution in [0.1, 0.15) is 31.2 Å². The van der Waals surface area contributed by atoms with E-state index in [0.717, 1.165) is 35.8 Å². The number of hydrogen-bond donors (Lipinski definition) is 1. The van der Waals surface area contributed by atoms with E-state index in [0.29, 0.717) is 13.1 Å². The highest BCUT2D eigenvalue weighted by Gasteiger charge is 2.19. The van der Waals surface area contributed by atoms with Crippen molar-refractivity contribution < 1.29 is 4.79 Å². The molecule has 1 aromatic carbocycles. The van der Waals surface area contributed by atoms with Gasteiger partial charge in [0, 0.05) is 19.2 Å². The van der Waals surface area contributed by atoms with Gasteiger partial charge in [0.2, 0.25) is 5.91 Å². The molecule has 1 aliphatic heterocycles. The fourth-order valence-electron chi connectivity index (χ4n) is 3.26. The van der Waals surface area contributed by atoms with E-state index >= 15 is 0 Å². The predicted octanol–water partition coefficient (Wildman–Crippen LogP) is 1.04. The molecule has 138 valence electrons. The van der Waals surface area contributed by atoms with Crippen LogP contribution in [-0.2, 0) is 17.9 Å². The molecule has 1 amide bonds. The number of nitrogens with zero attached hydrogens (tertiary/aromatic N) is 3. The maximum absolute atomic E-state index is 12.8. The molecule has 7 heteroatoms. The molecule has 0 unspecified atom stereocenters. The highest BCUT2D eigenvalue weighted by molar-refractivity contribution is 5.76. The summed E-state index contributed by atoms with van der Waals surface area (Å²) in [6, 6.07) is 10.6. The van der Waals surface area contributed by atoms with Crippen molar-refractivity contribution >= 4 is 11.7 Å². The van der Waals surface area contributed by atoms with E-state index in [9.17, 15) is 14.4 Å². The summed E-state index contributed by atoms with van der Waals surface area (Å²) in [4.78, 5) is 39.3. The van der Waals surface area contributed by atoms with E-state index in [4.69, 9.17) is 5.73 Å². The van der Waals surface area contributed by atoms with Crippen molar-refractivity contribution in [2.45, 2.75) is 38.8 Å². The van der Waals surface area contributed by atoms with Gasteiger partial charge in [-0.05, 0) is 18.4 Å². The second kappa shape index (κ2) is 8.03. The van der Waals surface area contributed by atoms with Gasteiger partial charge in [0.05, 0.1) is 6.54 Å². The predicted molar refractivity (Wildman–Crippen MR) is 100.0 cm³/mol. The monoisotopic (exact) mass is 356 g/mol. The van der Waals surface area contributed by atoms with Gasteiger partial charge < -0.3 is 10.6 Å². The fourth-order valence-corrected chi connectivity index (χ4v) is 3.26. The summed E-state index contributed by atoms with van der Waals surface area (Å²) >= 11 is 0. The van der Waals surface area contributed by atoms with Crippen molar-refractivity contribution in [1.82, 2.24) is 14.0 Å². The molecule has 0 spiro atoms. The van der Waals surface area contributed by atoms with Crippen LogP contribution in [0.5, 0.6) is 0 Å². The average Bonchev–Trinajstić information content (AvgIpc) is 2.92. The first-order chi connectivity index (χ1) is 12.6. The minimum Gasteiger partial charge on any atom is -0.385 e. The first-order valence-electron chi connectivity index (χ1n) is 8.98. The number of rotatable bonds is 4. The quantitative estimate of drug-likeness (QED) is 0.886. The van der Waals surface area contributed by atoms with Crippen LogP contribution in [0.2, 0.25) is 0 Å². The Morgan fingerprint density at radius 3 is 2.27 bits per heavy atom. The Kier molecular flexibility index (Phi) is 5.55. The highest BCUT2D eigenvalue weighted by atomic mass is 16.2. The van der Waals surface area contributed by atoms with Crippen molar-refractivity contribution in [2.75, 3.05) is 18.8 Å². The standard InChI is InChI=1S/C19H24N4O3/c20-16-12-17(24)23(14-18(25)21-10-6-1-2-7-11-21)19(26)22(16)13-15-8-4-3-5-9-15/h3-5,8-9,12H,1-2,6-7,10-11,13-14,20H2. The Morgan fingerprint density at radius 1 is 0.962 bits per heavy atom. The number of benzene rings is 1. The lowest BCUT2D eigenvalue weighted by molar-refractivity contribution is -0.131. The van der Waals surface area contributed by atoms with Crippen LogP contribution in [0.15, 0.2) is 46.0 Å². The third-order valence-electron chi connectivity index (χ3n) is 4.75. The van der Waals surface area contributed by atoms with E-state index in [1.54, 1.807) is 4.90 Å². The van der Waals surface area contributed by atoms with Crippen LogP contribution in [0.25, 0.3) is 0 Å². The smallest absolute Gasteiger partial charge is 0.333 e. The zero-order valence-corrected chi connectivity index (χ0v) is 14.8. The molecule has 7 nitrogen and oxygen atoms in total. The maximum atomic E-state index is 12.8. The van der Waals surface area contributed by atoms with Crippen LogP contribution in [0, 0.1) is 0 Å². The summed E-state index contributed by atoms with van der Waals surface area (Å²) in [6.45, 7) is 1.37. The number of likely N-dealkylation sites (tertiary alicyclic amines) is 1. The molecule has 0 atom stereocenters. The number of nitrogens with two attached hydrogens (primary N) is 1. The Morgan fingerprint density at radius 2 is 1.62 bits per heavy atom. The SMILES string of the molecule is Nc1cc(=O)n(CC(=O)N2CCCCCC2)c(=O)n1Cc1ccccc1. The van der Waals surface area contributed by atoms with Crippen molar-refractivity contribution in [3.05, 3.63) is 62.8 Å². The Balaban J connectivity index is 1.87. The van der Waals surface area contributed by atoms with E-state index in [1.807, 2.05) is 30.3 Å². The zero-order valence-electron chi connectivity index (χ0n) is 14.8. The molecule has 2 N–H and O–H groups in total. The molecule has 1 aromatic heterocycles. The first-order valence-corrected chi connectivity index (χ1v) is 8.98. The Bertz CT molecular complexity index is 878. The van der Waals surface area contributed by atoms with Crippen molar-refractivity contribution in [3.8, 4) is 0 Å². The molecule has 0 aliphatic carbocycles. The molecule has 1 fully saturated rings. The maximum Gasteiger partial charge on any atom is 0.333 e. The molecule has 0 radical (unpaired) electrons. The van der Waals surface area contributed by atoms with E-state index in [1.165, 1.54) is 10.6 Å². The van der Waals surface area contributed by atoms with Crippen molar-refractivity contribution in [3.63, 3.8) is 0 Å². The number of amides is 1. The van der Waals surface area contributed by atoms with Crippen LogP contribution in [-0.4, -0.2) is 33.0 Å². The lowest BCUT2D eigenvalue weighted by atomic mass is 10.2. The van der Waals surface area contributed by atoms with Gasteiger partial charge in [-0.2, -0.15) is 0 Å². The van der Waals surface area contributed by atoms with Crippen LogP contribution < -0.4 is 17.0 Å². The Hall–Kier alpha value is -2.83. The lowest BCUT2D eigenvalue weighted by Gasteiger charge is -2.21. The molecular weight excluding hydrogens is 332 g/mol. The normalized spacial score (nSPS) is 14.8. The van der Waals surface area contributed by atoms with E-state index in [-0.39, 0.29) is 24.8 Å². The number of aromatic nitrogens is 2. The molecule has 0 bridgehead atoms. The summed E-state index contributed by atoms with van der Waals surface area (Å²) in [7, 11) is 0. The number of carbonyl (C=O) groups is 1. The summed E-state index contributed by atoms with van der Waals surface area (Å²) in [5.41, 5.74) is 5.69. The molecule has 2 aromatic rings. The van der Waals surface area contributed by atoms with Crippen LogP contribution in [0.3, 0.4) is 0 Å². The van der Waals surface area contributed by atoms with Gasteiger partial charge in [-0.15, -0.1) is 0 Å². The number of hydrogen-bond acceptors (Lipinski definition) is 4. The largest absolute Gasteiger partial charge is 0.385 e. The average molecular weight is 356 g/mol. The van der Waals surface area contributed by atoms with Crippen LogP contribution >= 0.6 is 0 Å². The molecule has 1 aliphatic rings. The second-order valence-corrected chi connectivity index (χ2v) is 6.64. The molecule has 0 saturated carbocycles. The summed E-state index contributed by atoms with van der Waals surface area (Å²) < 4.78 is 2.30. The summed E-state index contributed by atoms with van der Waals surface area (Å²) in [5, 5.41) is 0. The minimum absolute atomic E-state index is 0.0994. The lowest BCUT2D eigenvalue weighted by Crippen LogP contribution is -2.45. The van der Waals surface area contributed by atoms with Gasteiger partial charge >= 0.3 is 5.69 Å². The zero-order chi connectivity index (χ0) is 18.5. The third kappa shape index (κ3) is 4.04. The summed E-state index contributed by atoms with van der Waals surface area (Å²) in [5.74, 6) is -0.0931. The minimum atomic E-state index is -0.554. The first kappa shape index (κ1) is 18.0. The number of nitrogen functional groups attached to an aromatic ring is 1. The van der Waals surface area contributed by atoms with Crippen molar-refractivity contribution in [1.29, 1.82) is 0 Å². The molecule has 1 saturated heterocycles. The van der Waals surface area contributed by atoms with E-state index in [2.05, 4.69) is 0 Å². The second-order valence-electron chi connectivity index (χ2n) is 6.64. The van der Waals surface area contributed by atoms with Crippen LogP contribution in [0.4, 0.5) is 5.82 Å². The molecule has 26 heavy (non-hydrogen) atoms. The van der Waals surface area contributed by atoms with Gasteiger partial charge in [-0.3, -0.25) is 18.7 Å². The van der Waals surface area contributed by atoms with Gasteiger partial charge in [0.1, 0.15) is 12.4 Å². The van der Waals surface area contributed by atoms with Gasteiger partial charge in [0.25, 0.3) is 5.56 Å². The highest BCUT2D eigenvalue weighted by Crippen LogP contribution is 2.10. The molecular formula is C19H24N4O3. The van der Waals surface area contributed by atoms with Crippen molar-refractivity contribution in [2.24, 2.45) is 0 Å². The van der Waals surface area contributed by atoms with Gasteiger partial charge in [-0.1, -0.05) is 43.2 Å².